The van der Waals surface area contributed by atoms with E-state index < -0.39 is 6.10 Å². The number of benzene rings is 1. The Kier molecular flexibility index (Phi) is 5.13. The summed E-state index contributed by atoms with van der Waals surface area (Å²) in [6.07, 6.45) is -0.561. The van der Waals surface area contributed by atoms with Crippen molar-refractivity contribution in [3.8, 4) is 5.75 Å². The van der Waals surface area contributed by atoms with Crippen LogP contribution in [0.25, 0.3) is 0 Å². The number of halogens is 1. The lowest BCUT2D eigenvalue weighted by Crippen LogP contribution is -2.40. The van der Waals surface area contributed by atoms with E-state index in [-0.39, 0.29) is 11.7 Å². The summed E-state index contributed by atoms with van der Waals surface area (Å²) in [5.74, 6) is 0.190. The van der Waals surface area contributed by atoms with Crippen LogP contribution >= 0.6 is 0 Å². The van der Waals surface area contributed by atoms with Crippen molar-refractivity contribution in [2.45, 2.75) is 33.8 Å². The molecule has 0 aliphatic heterocycles. The van der Waals surface area contributed by atoms with Gasteiger partial charge in [-0.2, -0.15) is 0 Å². The summed E-state index contributed by atoms with van der Waals surface area (Å²) in [7, 11) is 0. The number of hydrogen-bond donors (Lipinski definition) is 0. The summed E-state index contributed by atoms with van der Waals surface area (Å²) >= 11 is 0. The highest BCUT2D eigenvalue weighted by Crippen LogP contribution is 2.20. The molecule has 0 saturated carbocycles. The molecule has 1 amide bonds. The minimum atomic E-state index is -0.561. The molecule has 1 aromatic rings. The van der Waals surface area contributed by atoms with Gasteiger partial charge in [0.15, 0.2) is 6.10 Å². The third-order valence-corrected chi connectivity index (χ3v) is 2.86. The van der Waals surface area contributed by atoms with Crippen LogP contribution in [-0.2, 0) is 4.79 Å². The number of rotatable bonds is 5. The van der Waals surface area contributed by atoms with E-state index in [1.165, 1.54) is 12.1 Å². The molecule has 0 spiro atoms. The lowest BCUT2D eigenvalue weighted by Gasteiger charge is -2.23. The summed E-state index contributed by atoms with van der Waals surface area (Å²) < 4.78 is 18.5. The minimum absolute atomic E-state index is 0.0521. The van der Waals surface area contributed by atoms with Crippen LogP contribution in [0.4, 0.5) is 4.39 Å². The molecule has 0 aliphatic rings. The monoisotopic (exact) mass is 253 g/mol. The van der Waals surface area contributed by atoms with E-state index in [1.807, 2.05) is 13.8 Å². The molecular formula is C14H20FNO2. The smallest absolute Gasteiger partial charge is 0.263 e. The highest BCUT2D eigenvalue weighted by atomic mass is 19.1. The zero-order valence-corrected chi connectivity index (χ0v) is 11.4. The van der Waals surface area contributed by atoms with Crippen molar-refractivity contribution in [3.63, 3.8) is 0 Å². The molecule has 100 valence electrons. The normalized spacial score (nSPS) is 12.1. The van der Waals surface area contributed by atoms with E-state index in [0.29, 0.717) is 24.4 Å². The van der Waals surface area contributed by atoms with Gasteiger partial charge < -0.3 is 9.64 Å². The Hall–Kier alpha value is -1.58. The maximum absolute atomic E-state index is 13.0. The van der Waals surface area contributed by atoms with Gasteiger partial charge in [-0.25, -0.2) is 4.39 Å². The molecule has 18 heavy (non-hydrogen) atoms. The van der Waals surface area contributed by atoms with E-state index in [9.17, 15) is 9.18 Å². The van der Waals surface area contributed by atoms with E-state index in [4.69, 9.17) is 4.74 Å². The highest BCUT2D eigenvalue weighted by molar-refractivity contribution is 5.80. The molecule has 1 unspecified atom stereocenters. The Labute approximate surface area is 108 Å². The molecule has 1 aromatic carbocycles. The Morgan fingerprint density at radius 3 is 2.50 bits per heavy atom. The van der Waals surface area contributed by atoms with Crippen LogP contribution in [0, 0.1) is 12.7 Å². The van der Waals surface area contributed by atoms with Gasteiger partial charge in [-0.05, 0) is 51.5 Å². The Bertz CT molecular complexity index is 416. The standard InChI is InChI=1S/C14H20FNO2/c1-5-16(6-2)14(17)11(4)18-13-8-7-12(15)9-10(13)3/h7-9,11H,5-6H2,1-4H3. The first-order valence-electron chi connectivity index (χ1n) is 6.21. The van der Waals surface area contributed by atoms with Gasteiger partial charge in [0.2, 0.25) is 0 Å². The first-order chi connectivity index (χ1) is 8.49. The molecule has 3 nitrogen and oxygen atoms in total. The van der Waals surface area contributed by atoms with Crippen LogP contribution in [0.3, 0.4) is 0 Å². The molecule has 0 bridgehead atoms. The second-order valence-corrected chi connectivity index (χ2v) is 4.18. The van der Waals surface area contributed by atoms with Gasteiger partial charge in [0.05, 0.1) is 0 Å². The second kappa shape index (κ2) is 6.38. The zero-order valence-electron chi connectivity index (χ0n) is 11.4. The van der Waals surface area contributed by atoms with E-state index in [0.717, 1.165) is 0 Å². The number of ether oxygens (including phenoxy) is 1. The van der Waals surface area contributed by atoms with Crippen LogP contribution < -0.4 is 4.74 Å². The van der Waals surface area contributed by atoms with Gasteiger partial charge in [-0.3, -0.25) is 4.79 Å². The van der Waals surface area contributed by atoms with Crippen LogP contribution in [0.5, 0.6) is 5.75 Å². The van der Waals surface area contributed by atoms with E-state index in [1.54, 1.807) is 24.8 Å². The molecule has 4 heteroatoms. The van der Waals surface area contributed by atoms with E-state index in [2.05, 4.69) is 0 Å². The third kappa shape index (κ3) is 3.45. The fourth-order valence-corrected chi connectivity index (χ4v) is 1.78. The summed E-state index contributed by atoms with van der Waals surface area (Å²) in [5.41, 5.74) is 0.689. The molecule has 1 atom stereocenters. The molecule has 0 aromatic heterocycles. The topological polar surface area (TPSA) is 29.5 Å². The molecule has 0 N–H and O–H groups in total. The van der Waals surface area contributed by atoms with Crippen molar-refractivity contribution in [3.05, 3.63) is 29.6 Å². The third-order valence-electron chi connectivity index (χ3n) is 2.86. The molecule has 0 fully saturated rings. The maximum Gasteiger partial charge on any atom is 0.263 e. The quantitative estimate of drug-likeness (QED) is 0.807. The number of carbonyl (C=O) groups is 1. The summed E-state index contributed by atoms with van der Waals surface area (Å²) in [5, 5.41) is 0. The van der Waals surface area contributed by atoms with Gasteiger partial charge in [-0.15, -0.1) is 0 Å². The largest absolute Gasteiger partial charge is 0.481 e. The van der Waals surface area contributed by atoms with Crippen molar-refractivity contribution >= 4 is 5.91 Å². The second-order valence-electron chi connectivity index (χ2n) is 4.18. The fraction of sp³-hybridized carbons (Fsp3) is 0.500. The van der Waals surface area contributed by atoms with Crippen LogP contribution in [0.15, 0.2) is 18.2 Å². The number of hydrogen-bond acceptors (Lipinski definition) is 2. The van der Waals surface area contributed by atoms with Gasteiger partial charge in [-0.1, -0.05) is 0 Å². The molecule has 0 aliphatic carbocycles. The lowest BCUT2D eigenvalue weighted by molar-refractivity contribution is -0.137. The van der Waals surface area contributed by atoms with Crippen LogP contribution in [-0.4, -0.2) is 30.0 Å². The predicted octanol–water partition coefficient (Wildman–Crippen LogP) is 2.77. The van der Waals surface area contributed by atoms with Crippen molar-refractivity contribution in [2.75, 3.05) is 13.1 Å². The fourth-order valence-electron chi connectivity index (χ4n) is 1.78. The van der Waals surface area contributed by atoms with Gasteiger partial charge in [0.25, 0.3) is 5.91 Å². The zero-order chi connectivity index (χ0) is 13.7. The van der Waals surface area contributed by atoms with Crippen LogP contribution in [0.1, 0.15) is 26.3 Å². The summed E-state index contributed by atoms with van der Waals surface area (Å²) in [6, 6.07) is 4.28. The number of carbonyl (C=O) groups excluding carboxylic acids is 1. The Morgan fingerprint density at radius 2 is 2.00 bits per heavy atom. The molecule has 0 heterocycles. The number of nitrogens with zero attached hydrogens (tertiary/aromatic N) is 1. The number of amides is 1. The van der Waals surface area contributed by atoms with Gasteiger partial charge in [0, 0.05) is 13.1 Å². The lowest BCUT2D eigenvalue weighted by atomic mass is 10.2. The van der Waals surface area contributed by atoms with Crippen molar-refractivity contribution in [1.29, 1.82) is 0 Å². The van der Waals surface area contributed by atoms with Crippen molar-refractivity contribution < 1.29 is 13.9 Å². The summed E-state index contributed by atoms with van der Waals surface area (Å²) in [4.78, 5) is 13.7. The van der Waals surface area contributed by atoms with Crippen LogP contribution in [0.2, 0.25) is 0 Å². The molecular weight excluding hydrogens is 233 g/mol. The molecule has 1 rings (SSSR count). The van der Waals surface area contributed by atoms with Gasteiger partial charge in [0.1, 0.15) is 11.6 Å². The average Bonchev–Trinajstić information content (AvgIpc) is 2.34. The maximum atomic E-state index is 13.0. The molecule has 0 radical (unpaired) electrons. The molecule has 0 saturated heterocycles. The van der Waals surface area contributed by atoms with Gasteiger partial charge >= 0.3 is 0 Å². The minimum Gasteiger partial charge on any atom is -0.481 e. The number of likely N-dealkylation sites (N-methyl/N-ethyl adjacent to an activating group) is 1. The highest BCUT2D eigenvalue weighted by Gasteiger charge is 2.20. The Balaban J connectivity index is 2.75. The SMILES string of the molecule is CCN(CC)C(=O)C(C)Oc1ccc(F)cc1C. The average molecular weight is 253 g/mol. The van der Waals surface area contributed by atoms with Crippen molar-refractivity contribution in [2.24, 2.45) is 0 Å². The summed E-state index contributed by atoms with van der Waals surface area (Å²) in [6.45, 7) is 8.64. The predicted molar refractivity (Wildman–Crippen MR) is 69.2 cm³/mol. The first-order valence-corrected chi connectivity index (χ1v) is 6.21. The van der Waals surface area contributed by atoms with E-state index >= 15 is 0 Å². The number of aryl methyl sites for hydroxylation is 1. The first kappa shape index (κ1) is 14.5. The van der Waals surface area contributed by atoms with Crippen molar-refractivity contribution in [1.82, 2.24) is 4.90 Å². The Morgan fingerprint density at radius 1 is 1.39 bits per heavy atom.